The first-order chi connectivity index (χ1) is 22.2. The highest BCUT2D eigenvalue weighted by molar-refractivity contribution is 8.00. The first-order valence-electron chi connectivity index (χ1n) is 14.5. The molecule has 3 amide bonds. The Kier molecular flexibility index (Phi) is 11.7. The highest BCUT2D eigenvalue weighted by atomic mass is 32.2. The maximum Gasteiger partial charge on any atom is 0.272 e. The van der Waals surface area contributed by atoms with E-state index < -0.39 is 17.1 Å². The van der Waals surface area contributed by atoms with E-state index >= 15 is 0 Å². The fraction of sp³-hybridized carbons (Fsp3) is 0.167. The summed E-state index contributed by atoms with van der Waals surface area (Å²) in [5.41, 5.74) is 2.66. The van der Waals surface area contributed by atoms with E-state index in [0.717, 1.165) is 4.90 Å². The molecule has 236 valence electrons. The number of hydrogen-bond acceptors (Lipinski definition) is 7. The summed E-state index contributed by atoms with van der Waals surface area (Å²) >= 11 is 1.36. The van der Waals surface area contributed by atoms with Crippen LogP contribution in [0.2, 0.25) is 0 Å². The molecule has 0 aliphatic carbocycles. The van der Waals surface area contributed by atoms with Crippen molar-refractivity contribution in [2.45, 2.75) is 30.4 Å². The molecule has 0 aromatic heterocycles. The maximum absolute atomic E-state index is 13.6. The summed E-state index contributed by atoms with van der Waals surface area (Å²) in [6.07, 6.45) is 2.11. The van der Waals surface area contributed by atoms with Crippen LogP contribution in [0.25, 0.3) is 6.08 Å². The fourth-order valence-corrected chi connectivity index (χ4v) is 5.41. The molecule has 4 aromatic carbocycles. The van der Waals surface area contributed by atoms with Crippen molar-refractivity contribution >= 4 is 52.7 Å². The number of amides is 3. The van der Waals surface area contributed by atoms with Crippen molar-refractivity contribution in [1.29, 1.82) is 0 Å². The zero-order chi connectivity index (χ0) is 33.1. The molecule has 0 bridgehead atoms. The average Bonchev–Trinajstić information content (AvgIpc) is 3.07. The Morgan fingerprint density at radius 1 is 0.761 bits per heavy atom. The van der Waals surface area contributed by atoms with Crippen LogP contribution < -0.4 is 25.4 Å². The smallest absolute Gasteiger partial charge is 0.272 e. The van der Waals surface area contributed by atoms with E-state index in [1.165, 1.54) is 32.9 Å². The number of carbonyl (C=O) groups excluding carboxylic acids is 4. The quantitative estimate of drug-likeness (QED) is 0.0835. The van der Waals surface area contributed by atoms with Crippen LogP contribution in [0.3, 0.4) is 0 Å². The number of methoxy groups -OCH3 is 2. The summed E-state index contributed by atoms with van der Waals surface area (Å²) in [7, 11) is 3.05. The molecule has 0 heterocycles. The third-order valence-corrected chi connectivity index (χ3v) is 8.20. The second-order valence-electron chi connectivity index (χ2n) is 10.1. The van der Waals surface area contributed by atoms with Crippen LogP contribution in [0.4, 0.5) is 11.4 Å². The lowest BCUT2D eigenvalue weighted by Gasteiger charge is -2.16. The SMILES string of the molecule is CCC(Sc1cccc(NC(=O)/C(=C\c2ccc(OC)c(OC)c2)NC(=O)c2ccccc2)c1)C(=O)Nc1ccc(C(C)=O)cc1. The first-order valence-corrected chi connectivity index (χ1v) is 15.4. The molecule has 4 rings (SSSR count). The summed E-state index contributed by atoms with van der Waals surface area (Å²) in [5.74, 6) is -0.217. The molecule has 0 saturated heterocycles. The van der Waals surface area contributed by atoms with Gasteiger partial charge in [0.25, 0.3) is 11.8 Å². The van der Waals surface area contributed by atoms with Crippen molar-refractivity contribution in [1.82, 2.24) is 5.32 Å². The van der Waals surface area contributed by atoms with E-state index in [2.05, 4.69) is 16.0 Å². The van der Waals surface area contributed by atoms with Crippen LogP contribution >= 0.6 is 11.8 Å². The third-order valence-electron chi connectivity index (χ3n) is 6.84. The van der Waals surface area contributed by atoms with Gasteiger partial charge >= 0.3 is 0 Å². The summed E-state index contributed by atoms with van der Waals surface area (Å²) in [4.78, 5) is 52.0. The Labute approximate surface area is 272 Å². The molecular formula is C36H35N3O6S. The number of nitrogens with one attached hydrogen (secondary N) is 3. The fourth-order valence-electron chi connectivity index (χ4n) is 4.39. The van der Waals surface area contributed by atoms with Gasteiger partial charge in [0.05, 0.1) is 19.5 Å². The maximum atomic E-state index is 13.6. The van der Waals surface area contributed by atoms with Crippen LogP contribution in [-0.4, -0.2) is 43.0 Å². The second kappa shape index (κ2) is 16.1. The molecule has 0 radical (unpaired) electrons. The molecule has 0 aliphatic rings. The Hall–Kier alpha value is -5.35. The van der Waals surface area contributed by atoms with Gasteiger partial charge in [-0.05, 0) is 91.7 Å². The van der Waals surface area contributed by atoms with Crippen molar-refractivity contribution in [2.24, 2.45) is 0 Å². The highest BCUT2D eigenvalue weighted by Crippen LogP contribution is 2.30. The van der Waals surface area contributed by atoms with Crippen molar-refractivity contribution in [2.75, 3.05) is 24.9 Å². The van der Waals surface area contributed by atoms with Crippen LogP contribution in [0.1, 0.15) is 46.5 Å². The molecule has 9 nitrogen and oxygen atoms in total. The number of carbonyl (C=O) groups is 4. The zero-order valence-electron chi connectivity index (χ0n) is 26.0. The molecule has 1 atom stereocenters. The number of Topliss-reactive ketones (excluding diaryl/α,β-unsaturated/α-hetero) is 1. The minimum absolute atomic E-state index is 0.0146. The Bertz CT molecular complexity index is 1740. The minimum atomic E-state index is -0.542. The average molecular weight is 638 g/mol. The van der Waals surface area contributed by atoms with Crippen LogP contribution in [0, 0.1) is 0 Å². The van der Waals surface area contributed by atoms with Crippen molar-refractivity contribution in [3.05, 3.63) is 119 Å². The molecular weight excluding hydrogens is 602 g/mol. The van der Waals surface area contributed by atoms with Gasteiger partial charge in [0, 0.05) is 27.4 Å². The Balaban J connectivity index is 1.52. The molecule has 0 spiro atoms. The number of ether oxygens (including phenoxy) is 2. The van der Waals surface area contributed by atoms with Gasteiger partial charge in [-0.1, -0.05) is 37.3 Å². The molecule has 1 unspecified atom stereocenters. The van der Waals surface area contributed by atoms with Gasteiger partial charge in [0.15, 0.2) is 17.3 Å². The van der Waals surface area contributed by atoms with E-state index in [4.69, 9.17) is 9.47 Å². The van der Waals surface area contributed by atoms with Gasteiger partial charge in [-0.2, -0.15) is 0 Å². The number of benzene rings is 4. The largest absolute Gasteiger partial charge is 0.493 e. The monoisotopic (exact) mass is 637 g/mol. The summed E-state index contributed by atoms with van der Waals surface area (Å²) in [5, 5.41) is 8.09. The highest BCUT2D eigenvalue weighted by Gasteiger charge is 2.20. The van der Waals surface area contributed by atoms with E-state index in [-0.39, 0.29) is 17.4 Å². The predicted octanol–water partition coefficient (Wildman–Crippen LogP) is 6.83. The summed E-state index contributed by atoms with van der Waals surface area (Å²) in [6, 6.07) is 27.6. The van der Waals surface area contributed by atoms with Crippen LogP contribution in [0.5, 0.6) is 11.5 Å². The lowest BCUT2D eigenvalue weighted by atomic mass is 10.1. The van der Waals surface area contributed by atoms with Gasteiger partial charge in [-0.25, -0.2) is 0 Å². The van der Waals surface area contributed by atoms with Crippen LogP contribution in [-0.2, 0) is 9.59 Å². The normalized spacial score (nSPS) is 11.6. The number of ketones is 1. The van der Waals surface area contributed by atoms with Gasteiger partial charge in [-0.15, -0.1) is 11.8 Å². The number of rotatable bonds is 13. The lowest BCUT2D eigenvalue weighted by molar-refractivity contribution is -0.116. The van der Waals surface area contributed by atoms with Crippen molar-refractivity contribution in [3.63, 3.8) is 0 Å². The molecule has 0 saturated carbocycles. The third kappa shape index (κ3) is 9.09. The standard InChI is InChI=1S/C36H35N3O6S/c1-5-33(36(43)37-27-17-15-25(16-18-27)23(2)40)46-29-13-9-12-28(22-29)38-35(42)30(39-34(41)26-10-7-6-8-11-26)20-24-14-19-31(44-3)32(21-24)45-4/h6-22,33H,5H2,1-4H3,(H,37,43)(H,38,42)(H,39,41)/b30-20+. The molecule has 10 heteroatoms. The lowest BCUT2D eigenvalue weighted by Crippen LogP contribution is -2.30. The van der Waals surface area contributed by atoms with E-state index in [0.29, 0.717) is 46.0 Å². The summed E-state index contributed by atoms with van der Waals surface area (Å²) in [6.45, 7) is 3.41. The topological polar surface area (TPSA) is 123 Å². The first kappa shape index (κ1) is 33.5. The van der Waals surface area contributed by atoms with E-state index in [9.17, 15) is 19.2 Å². The molecule has 46 heavy (non-hydrogen) atoms. The predicted molar refractivity (Wildman–Crippen MR) is 182 cm³/mol. The Morgan fingerprint density at radius 3 is 2.13 bits per heavy atom. The van der Waals surface area contributed by atoms with Gasteiger partial charge in [0.1, 0.15) is 5.70 Å². The van der Waals surface area contributed by atoms with E-state index in [1.807, 2.05) is 13.0 Å². The van der Waals surface area contributed by atoms with Gasteiger partial charge in [-0.3, -0.25) is 19.2 Å². The minimum Gasteiger partial charge on any atom is -0.493 e. The number of hydrogen-bond donors (Lipinski definition) is 3. The molecule has 0 aliphatic heterocycles. The molecule has 0 fully saturated rings. The second-order valence-corrected chi connectivity index (χ2v) is 11.4. The van der Waals surface area contributed by atoms with Crippen LogP contribution in [0.15, 0.2) is 108 Å². The van der Waals surface area contributed by atoms with Crippen molar-refractivity contribution < 1.29 is 28.7 Å². The summed E-state index contributed by atoms with van der Waals surface area (Å²) < 4.78 is 10.7. The van der Waals surface area contributed by atoms with Crippen molar-refractivity contribution in [3.8, 4) is 11.5 Å². The van der Waals surface area contributed by atoms with Gasteiger partial charge in [0.2, 0.25) is 5.91 Å². The molecule has 4 aromatic rings. The van der Waals surface area contributed by atoms with E-state index in [1.54, 1.807) is 97.1 Å². The molecule has 3 N–H and O–H groups in total. The zero-order valence-corrected chi connectivity index (χ0v) is 26.8. The Morgan fingerprint density at radius 2 is 1.48 bits per heavy atom. The van der Waals surface area contributed by atoms with Gasteiger partial charge < -0.3 is 25.4 Å². The number of anilines is 2. The number of thioether (sulfide) groups is 1.